The SMILES string of the molecule is COc1ccc(CN2CCCN(Cc3ccc(F)cc3)CC2)cc1Br. The molecule has 0 atom stereocenters. The van der Waals surface area contributed by atoms with E-state index in [2.05, 4.69) is 37.9 Å². The highest BCUT2D eigenvalue weighted by molar-refractivity contribution is 9.10. The Bertz CT molecular complexity index is 693. The van der Waals surface area contributed by atoms with Crippen molar-refractivity contribution in [2.24, 2.45) is 0 Å². The van der Waals surface area contributed by atoms with Crippen LogP contribution >= 0.6 is 15.9 Å². The summed E-state index contributed by atoms with van der Waals surface area (Å²) in [5.41, 5.74) is 2.47. The summed E-state index contributed by atoms with van der Waals surface area (Å²) < 4.78 is 19.3. The van der Waals surface area contributed by atoms with Crippen molar-refractivity contribution in [2.45, 2.75) is 19.5 Å². The van der Waals surface area contributed by atoms with Crippen LogP contribution in [0.4, 0.5) is 4.39 Å². The molecule has 3 rings (SSSR count). The molecule has 1 aliphatic rings. The first kappa shape index (κ1) is 18.4. The Labute approximate surface area is 157 Å². The second-order valence-electron chi connectivity index (χ2n) is 6.50. The zero-order valence-corrected chi connectivity index (χ0v) is 16.1. The Kier molecular flexibility index (Phi) is 6.45. The van der Waals surface area contributed by atoms with Gasteiger partial charge in [0.25, 0.3) is 0 Å². The lowest BCUT2D eigenvalue weighted by atomic mass is 10.2. The van der Waals surface area contributed by atoms with Crippen molar-refractivity contribution in [1.82, 2.24) is 9.80 Å². The van der Waals surface area contributed by atoms with Gasteiger partial charge in [0.2, 0.25) is 0 Å². The molecule has 1 aliphatic heterocycles. The molecule has 0 amide bonds. The van der Waals surface area contributed by atoms with Gasteiger partial charge in [-0.25, -0.2) is 4.39 Å². The maximum Gasteiger partial charge on any atom is 0.133 e. The number of methoxy groups -OCH3 is 1. The van der Waals surface area contributed by atoms with E-state index in [-0.39, 0.29) is 5.82 Å². The number of hydrogen-bond acceptors (Lipinski definition) is 3. The zero-order valence-electron chi connectivity index (χ0n) is 14.5. The first-order valence-electron chi connectivity index (χ1n) is 8.65. The molecule has 0 spiro atoms. The molecule has 134 valence electrons. The van der Waals surface area contributed by atoms with Crippen molar-refractivity contribution >= 4 is 15.9 Å². The molecule has 25 heavy (non-hydrogen) atoms. The smallest absolute Gasteiger partial charge is 0.133 e. The third-order valence-electron chi connectivity index (χ3n) is 4.62. The highest BCUT2D eigenvalue weighted by Gasteiger charge is 2.15. The average molecular weight is 407 g/mol. The lowest BCUT2D eigenvalue weighted by molar-refractivity contribution is 0.247. The van der Waals surface area contributed by atoms with Gasteiger partial charge in [0, 0.05) is 26.2 Å². The molecule has 0 bridgehead atoms. The molecule has 1 saturated heterocycles. The van der Waals surface area contributed by atoms with Crippen LogP contribution in [0.25, 0.3) is 0 Å². The van der Waals surface area contributed by atoms with E-state index in [0.717, 1.165) is 55.9 Å². The zero-order chi connectivity index (χ0) is 17.6. The topological polar surface area (TPSA) is 15.7 Å². The number of nitrogens with zero attached hydrogens (tertiary/aromatic N) is 2. The fraction of sp³-hybridized carbons (Fsp3) is 0.400. The van der Waals surface area contributed by atoms with Crippen LogP contribution in [-0.4, -0.2) is 43.1 Å². The molecular formula is C20H24BrFN2O. The summed E-state index contributed by atoms with van der Waals surface area (Å²) in [4.78, 5) is 4.95. The van der Waals surface area contributed by atoms with Gasteiger partial charge < -0.3 is 4.74 Å². The Balaban J connectivity index is 1.54. The number of rotatable bonds is 5. The Morgan fingerprint density at radius 3 is 2.12 bits per heavy atom. The van der Waals surface area contributed by atoms with Crippen LogP contribution in [0.15, 0.2) is 46.9 Å². The summed E-state index contributed by atoms with van der Waals surface area (Å²) in [6.07, 6.45) is 1.15. The van der Waals surface area contributed by atoms with Crippen molar-refractivity contribution in [3.63, 3.8) is 0 Å². The normalized spacial score (nSPS) is 16.6. The molecule has 0 radical (unpaired) electrons. The molecule has 0 N–H and O–H groups in total. The van der Waals surface area contributed by atoms with Crippen LogP contribution in [0, 0.1) is 5.82 Å². The maximum atomic E-state index is 13.0. The minimum atomic E-state index is -0.170. The molecular weight excluding hydrogens is 383 g/mol. The number of halogens is 2. The Hall–Kier alpha value is -1.43. The molecule has 3 nitrogen and oxygen atoms in total. The first-order valence-corrected chi connectivity index (χ1v) is 9.45. The maximum absolute atomic E-state index is 13.0. The van der Waals surface area contributed by atoms with E-state index < -0.39 is 0 Å². The third-order valence-corrected chi connectivity index (χ3v) is 5.24. The van der Waals surface area contributed by atoms with Gasteiger partial charge in [-0.1, -0.05) is 18.2 Å². The Morgan fingerprint density at radius 2 is 1.52 bits per heavy atom. The van der Waals surface area contributed by atoms with E-state index >= 15 is 0 Å². The van der Waals surface area contributed by atoms with Crippen LogP contribution in [-0.2, 0) is 13.1 Å². The molecule has 0 aliphatic carbocycles. The van der Waals surface area contributed by atoms with E-state index in [0.29, 0.717) is 0 Å². The highest BCUT2D eigenvalue weighted by Crippen LogP contribution is 2.26. The molecule has 1 fully saturated rings. The van der Waals surface area contributed by atoms with Crippen molar-refractivity contribution in [3.8, 4) is 5.75 Å². The third kappa shape index (κ3) is 5.27. The second-order valence-corrected chi connectivity index (χ2v) is 7.36. The van der Waals surface area contributed by atoms with Crippen molar-refractivity contribution < 1.29 is 9.13 Å². The van der Waals surface area contributed by atoms with E-state index in [9.17, 15) is 4.39 Å². The summed E-state index contributed by atoms with van der Waals surface area (Å²) >= 11 is 3.56. The van der Waals surface area contributed by atoms with Crippen LogP contribution < -0.4 is 4.74 Å². The predicted octanol–water partition coefficient (Wildman–Crippen LogP) is 4.30. The lowest BCUT2D eigenvalue weighted by Gasteiger charge is -2.22. The van der Waals surface area contributed by atoms with Crippen LogP contribution in [0.1, 0.15) is 17.5 Å². The summed E-state index contributed by atoms with van der Waals surface area (Å²) in [7, 11) is 1.68. The van der Waals surface area contributed by atoms with Gasteiger partial charge in [-0.05, 0) is 70.8 Å². The summed E-state index contributed by atoms with van der Waals surface area (Å²) in [5, 5.41) is 0. The number of benzene rings is 2. The van der Waals surface area contributed by atoms with Gasteiger partial charge in [-0.3, -0.25) is 9.80 Å². The van der Waals surface area contributed by atoms with E-state index in [1.165, 1.54) is 11.1 Å². The summed E-state index contributed by atoms with van der Waals surface area (Å²) in [6, 6.07) is 13.1. The fourth-order valence-corrected chi connectivity index (χ4v) is 3.84. The molecule has 5 heteroatoms. The Morgan fingerprint density at radius 1 is 0.920 bits per heavy atom. The molecule has 0 saturated carbocycles. The van der Waals surface area contributed by atoms with Crippen molar-refractivity contribution in [1.29, 1.82) is 0 Å². The monoisotopic (exact) mass is 406 g/mol. The fourth-order valence-electron chi connectivity index (χ4n) is 3.26. The van der Waals surface area contributed by atoms with Crippen molar-refractivity contribution in [2.75, 3.05) is 33.3 Å². The van der Waals surface area contributed by atoms with Crippen LogP contribution in [0.3, 0.4) is 0 Å². The molecule has 0 unspecified atom stereocenters. The minimum Gasteiger partial charge on any atom is -0.496 e. The average Bonchev–Trinajstić information content (AvgIpc) is 2.82. The highest BCUT2D eigenvalue weighted by atomic mass is 79.9. The number of hydrogen-bond donors (Lipinski definition) is 0. The van der Waals surface area contributed by atoms with Crippen LogP contribution in [0.5, 0.6) is 5.75 Å². The van der Waals surface area contributed by atoms with Gasteiger partial charge in [0.05, 0.1) is 11.6 Å². The van der Waals surface area contributed by atoms with Crippen molar-refractivity contribution in [3.05, 3.63) is 63.9 Å². The second kappa shape index (κ2) is 8.79. The van der Waals surface area contributed by atoms with Gasteiger partial charge in [0.15, 0.2) is 0 Å². The first-order chi connectivity index (χ1) is 12.1. The molecule has 2 aromatic carbocycles. The van der Waals surface area contributed by atoms with Crippen LogP contribution in [0.2, 0.25) is 0 Å². The van der Waals surface area contributed by atoms with E-state index in [4.69, 9.17) is 4.74 Å². The summed E-state index contributed by atoms with van der Waals surface area (Å²) in [5.74, 6) is 0.696. The standard InChI is InChI=1S/C20H24BrFN2O/c1-25-20-8-5-17(13-19(20)21)15-24-10-2-9-23(11-12-24)14-16-3-6-18(22)7-4-16/h3-8,13H,2,9-12,14-15H2,1H3. The van der Waals surface area contributed by atoms with E-state index in [1.54, 1.807) is 19.2 Å². The summed E-state index contributed by atoms with van der Waals surface area (Å²) in [6.45, 7) is 6.11. The minimum absolute atomic E-state index is 0.170. The van der Waals surface area contributed by atoms with E-state index in [1.807, 2.05) is 18.2 Å². The quantitative estimate of drug-likeness (QED) is 0.735. The number of ether oxygens (including phenoxy) is 1. The molecule has 2 aromatic rings. The lowest BCUT2D eigenvalue weighted by Crippen LogP contribution is -2.30. The van der Waals surface area contributed by atoms with Gasteiger partial charge in [-0.2, -0.15) is 0 Å². The largest absolute Gasteiger partial charge is 0.496 e. The van der Waals surface area contributed by atoms with Gasteiger partial charge >= 0.3 is 0 Å². The molecule has 1 heterocycles. The predicted molar refractivity (Wildman–Crippen MR) is 102 cm³/mol. The molecule has 0 aromatic heterocycles. The van der Waals surface area contributed by atoms with Gasteiger partial charge in [0.1, 0.15) is 11.6 Å². The van der Waals surface area contributed by atoms with Gasteiger partial charge in [-0.15, -0.1) is 0 Å².